The number of ether oxygens (including phenoxy) is 3. The van der Waals surface area contributed by atoms with Gasteiger partial charge >= 0.3 is 0 Å². The topological polar surface area (TPSA) is 27.7 Å². The van der Waals surface area contributed by atoms with Gasteiger partial charge in [0.15, 0.2) is 5.79 Å². The zero-order valence-corrected chi connectivity index (χ0v) is 12.9. The van der Waals surface area contributed by atoms with E-state index in [9.17, 15) is 0 Å². The van der Waals surface area contributed by atoms with E-state index in [1.165, 1.54) is 5.56 Å². The summed E-state index contributed by atoms with van der Waals surface area (Å²) in [6, 6.07) is 10.4. The standard InChI is InChI=1S/C19H24O3/c1-2-6-15(7-3-1)13-20-14-18-17-9-5-4-8-16(17)12-19(18)21-10-11-22-19/h1-7,16-18H,8-14H2/t16-,17+,18-/m0/s1. The van der Waals surface area contributed by atoms with Gasteiger partial charge in [-0.05, 0) is 30.2 Å². The first-order valence-corrected chi connectivity index (χ1v) is 8.42. The van der Waals surface area contributed by atoms with Crippen LogP contribution < -0.4 is 0 Å². The van der Waals surface area contributed by atoms with Crippen LogP contribution in [0.5, 0.6) is 0 Å². The molecule has 1 aromatic rings. The number of allylic oxidation sites excluding steroid dienone is 2. The number of hydrogen-bond donors (Lipinski definition) is 0. The summed E-state index contributed by atoms with van der Waals surface area (Å²) in [4.78, 5) is 0. The van der Waals surface area contributed by atoms with E-state index < -0.39 is 0 Å². The van der Waals surface area contributed by atoms with Crippen molar-refractivity contribution in [2.75, 3.05) is 19.8 Å². The van der Waals surface area contributed by atoms with Crippen molar-refractivity contribution in [2.45, 2.75) is 31.7 Å². The molecule has 0 unspecified atom stereocenters. The van der Waals surface area contributed by atoms with Crippen LogP contribution in [0.1, 0.15) is 24.8 Å². The average molecular weight is 300 g/mol. The van der Waals surface area contributed by atoms with Crippen molar-refractivity contribution < 1.29 is 14.2 Å². The number of rotatable bonds is 4. The predicted octanol–water partition coefficient (Wildman–Crippen LogP) is 3.55. The van der Waals surface area contributed by atoms with Crippen molar-refractivity contribution in [3.05, 3.63) is 48.0 Å². The molecule has 1 aromatic carbocycles. The summed E-state index contributed by atoms with van der Waals surface area (Å²) in [5, 5.41) is 0. The fourth-order valence-corrected chi connectivity index (χ4v) is 4.39. The molecule has 1 saturated carbocycles. The minimum Gasteiger partial charge on any atom is -0.376 e. The van der Waals surface area contributed by atoms with Crippen LogP contribution in [-0.4, -0.2) is 25.6 Å². The predicted molar refractivity (Wildman–Crippen MR) is 84.2 cm³/mol. The second kappa shape index (κ2) is 6.15. The highest BCUT2D eigenvalue weighted by atomic mass is 16.7. The quantitative estimate of drug-likeness (QED) is 0.796. The van der Waals surface area contributed by atoms with E-state index in [1.807, 2.05) is 6.07 Å². The van der Waals surface area contributed by atoms with Crippen LogP contribution >= 0.6 is 0 Å². The Morgan fingerprint density at radius 1 is 1.05 bits per heavy atom. The largest absolute Gasteiger partial charge is 0.376 e. The SMILES string of the molecule is C1=CC[C@@H]2[C@@H](C1)CC1(OCCO1)[C@H]2COCc1ccccc1. The molecule has 3 aliphatic rings. The molecule has 0 aromatic heterocycles. The molecule has 2 fully saturated rings. The monoisotopic (exact) mass is 300 g/mol. The molecule has 3 atom stereocenters. The smallest absolute Gasteiger partial charge is 0.174 e. The van der Waals surface area contributed by atoms with Gasteiger partial charge in [-0.3, -0.25) is 0 Å². The summed E-state index contributed by atoms with van der Waals surface area (Å²) < 4.78 is 18.2. The van der Waals surface area contributed by atoms with Crippen molar-refractivity contribution in [1.29, 1.82) is 0 Å². The maximum atomic E-state index is 6.08. The summed E-state index contributed by atoms with van der Waals surface area (Å²) in [6.45, 7) is 2.84. The zero-order chi connectivity index (χ0) is 14.8. The molecule has 0 radical (unpaired) electrons. The third-order valence-corrected chi connectivity index (χ3v) is 5.43. The Kier molecular flexibility index (Phi) is 4.03. The Bertz CT molecular complexity index is 519. The second-order valence-corrected chi connectivity index (χ2v) is 6.69. The average Bonchev–Trinajstić information content (AvgIpc) is 3.14. The minimum atomic E-state index is -0.377. The number of hydrogen-bond acceptors (Lipinski definition) is 3. The maximum absolute atomic E-state index is 6.08. The molecule has 1 heterocycles. The van der Waals surface area contributed by atoms with Gasteiger partial charge < -0.3 is 14.2 Å². The lowest BCUT2D eigenvalue weighted by molar-refractivity contribution is -0.198. The molecule has 1 spiro atoms. The normalized spacial score (nSPS) is 32.5. The molecule has 0 bridgehead atoms. The lowest BCUT2D eigenvalue weighted by atomic mass is 9.81. The van der Waals surface area contributed by atoms with Gasteiger partial charge in [-0.25, -0.2) is 0 Å². The highest BCUT2D eigenvalue weighted by Gasteiger charge is 2.56. The molecular weight excluding hydrogens is 276 g/mol. The number of fused-ring (bicyclic) bond motifs is 1. The lowest BCUT2D eigenvalue weighted by Gasteiger charge is -2.32. The summed E-state index contributed by atoms with van der Waals surface area (Å²) in [7, 11) is 0. The molecule has 4 rings (SSSR count). The molecule has 118 valence electrons. The van der Waals surface area contributed by atoms with Crippen LogP contribution in [0.3, 0.4) is 0 Å². The molecule has 22 heavy (non-hydrogen) atoms. The minimum absolute atomic E-state index is 0.355. The van der Waals surface area contributed by atoms with Gasteiger partial charge in [0.25, 0.3) is 0 Å². The third kappa shape index (κ3) is 2.62. The van der Waals surface area contributed by atoms with Gasteiger partial charge in [0.1, 0.15) is 0 Å². The lowest BCUT2D eigenvalue weighted by Crippen LogP contribution is -2.39. The van der Waals surface area contributed by atoms with Gasteiger partial charge in [-0.15, -0.1) is 0 Å². The molecule has 1 saturated heterocycles. The highest BCUT2D eigenvalue weighted by Crippen LogP contribution is 2.53. The molecule has 2 aliphatic carbocycles. The maximum Gasteiger partial charge on any atom is 0.174 e. The van der Waals surface area contributed by atoms with E-state index >= 15 is 0 Å². The van der Waals surface area contributed by atoms with Crippen LogP contribution in [0.2, 0.25) is 0 Å². The van der Waals surface area contributed by atoms with Crippen molar-refractivity contribution in [1.82, 2.24) is 0 Å². The van der Waals surface area contributed by atoms with Gasteiger partial charge in [-0.2, -0.15) is 0 Å². The van der Waals surface area contributed by atoms with E-state index in [4.69, 9.17) is 14.2 Å². The van der Waals surface area contributed by atoms with Crippen molar-refractivity contribution in [3.63, 3.8) is 0 Å². The van der Waals surface area contributed by atoms with E-state index in [-0.39, 0.29) is 5.79 Å². The van der Waals surface area contributed by atoms with E-state index in [2.05, 4.69) is 36.4 Å². The van der Waals surface area contributed by atoms with Gasteiger partial charge in [-0.1, -0.05) is 42.5 Å². The zero-order valence-electron chi connectivity index (χ0n) is 12.9. The molecule has 3 heteroatoms. The van der Waals surface area contributed by atoms with Crippen LogP contribution in [0.15, 0.2) is 42.5 Å². The summed E-state index contributed by atoms with van der Waals surface area (Å²) >= 11 is 0. The van der Waals surface area contributed by atoms with Gasteiger partial charge in [0, 0.05) is 12.3 Å². The van der Waals surface area contributed by atoms with Crippen LogP contribution in [-0.2, 0) is 20.8 Å². The summed E-state index contributed by atoms with van der Waals surface area (Å²) in [6.07, 6.45) is 7.96. The van der Waals surface area contributed by atoms with Crippen LogP contribution in [0.4, 0.5) is 0 Å². The summed E-state index contributed by atoms with van der Waals surface area (Å²) in [5.74, 6) is 1.30. The van der Waals surface area contributed by atoms with Crippen molar-refractivity contribution >= 4 is 0 Å². The Morgan fingerprint density at radius 3 is 2.64 bits per heavy atom. The first-order valence-electron chi connectivity index (χ1n) is 8.42. The van der Waals surface area contributed by atoms with Crippen LogP contribution in [0.25, 0.3) is 0 Å². The van der Waals surface area contributed by atoms with Gasteiger partial charge in [0.05, 0.1) is 26.4 Å². The first kappa shape index (κ1) is 14.4. The molecule has 0 N–H and O–H groups in total. The second-order valence-electron chi connectivity index (χ2n) is 6.69. The molecule has 1 aliphatic heterocycles. The molecular formula is C19H24O3. The van der Waals surface area contributed by atoms with Crippen molar-refractivity contribution in [2.24, 2.45) is 17.8 Å². The summed E-state index contributed by atoms with van der Waals surface area (Å²) in [5.41, 5.74) is 1.22. The first-order chi connectivity index (χ1) is 10.9. The Hall–Kier alpha value is -1.16. The van der Waals surface area contributed by atoms with Gasteiger partial charge in [0.2, 0.25) is 0 Å². The Labute approximate surface area is 132 Å². The number of benzene rings is 1. The van der Waals surface area contributed by atoms with E-state index in [0.717, 1.165) is 39.1 Å². The highest BCUT2D eigenvalue weighted by molar-refractivity contribution is 5.13. The fraction of sp³-hybridized carbons (Fsp3) is 0.579. The molecule has 3 nitrogen and oxygen atoms in total. The fourth-order valence-electron chi connectivity index (χ4n) is 4.39. The van der Waals surface area contributed by atoms with Crippen LogP contribution in [0, 0.1) is 17.8 Å². The Balaban J connectivity index is 1.44. The van der Waals surface area contributed by atoms with Crippen molar-refractivity contribution in [3.8, 4) is 0 Å². The molecule has 0 amide bonds. The van der Waals surface area contributed by atoms with E-state index in [0.29, 0.717) is 24.4 Å². The van der Waals surface area contributed by atoms with E-state index in [1.54, 1.807) is 0 Å². The Morgan fingerprint density at radius 2 is 1.82 bits per heavy atom. The third-order valence-electron chi connectivity index (χ3n) is 5.43.